The Hall–Kier alpha value is -2.80. The zero-order valence-corrected chi connectivity index (χ0v) is 14.4. The Morgan fingerprint density at radius 1 is 1.19 bits per heavy atom. The molecular weight excluding hydrogens is 330 g/mol. The van der Waals surface area contributed by atoms with Crippen molar-refractivity contribution in [3.05, 3.63) is 59.7 Å². The fourth-order valence-corrected chi connectivity index (χ4v) is 4.11. The summed E-state index contributed by atoms with van der Waals surface area (Å²) in [6, 6.07) is 7.47. The molecule has 0 unspecified atom stereocenters. The Balaban J connectivity index is 1.49. The number of primary amides is 1. The normalized spacial score (nSPS) is 22.4. The summed E-state index contributed by atoms with van der Waals surface area (Å²) in [5, 5.41) is 0. The highest BCUT2D eigenvalue weighted by atomic mass is 16.2. The molecule has 26 heavy (non-hydrogen) atoms. The molecule has 2 fully saturated rings. The van der Waals surface area contributed by atoms with Gasteiger partial charge in [0.15, 0.2) is 0 Å². The van der Waals surface area contributed by atoms with Gasteiger partial charge in [0.25, 0.3) is 11.8 Å². The minimum atomic E-state index is -0.672. The van der Waals surface area contributed by atoms with Crippen molar-refractivity contribution in [2.45, 2.75) is 19.0 Å². The number of rotatable bonds is 4. The van der Waals surface area contributed by atoms with Crippen LogP contribution >= 0.6 is 0 Å². The van der Waals surface area contributed by atoms with Gasteiger partial charge in [-0.1, -0.05) is 6.07 Å². The molecule has 2 N–H and O–H groups in total. The van der Waals surface area contributed by atoms with Crippen LogP contribution in [0.25, 0.3) is 0 Å². The van der Waals surface area contributed by atoms with Crippen LogP contribution < -0.4 is 5.73 Å². The molecule has 7 nitrogen and oxygen atoms in total. The second kappa shape index (κ2) is 6.84. The Labute approximate surface area is 151 Å². The molecular formula is C19H21N5O2. The van der Waals surface area contributed by atoms with E-state index in [1.54, 1.807) is 18.3 Å². The van der Waals surface area contributed by atoms with Gasteiger partial charge in [-0.3, -0.25) is 24.5 Å². The van der Waals surface area contributed by atoms with Gasteiger partial charge in [-0.05, 0) is 36.1 Å². The average Bonchev–Trinajstić information content (AvgIpc) is 3.22. The van der Waals surface area contributed by atoms with Gasteiger partial charge >= 0.3 is 0 Å². The number of pyridine rings is 2. The van der Waals surface area contributed by atoms with Crippen LogP contribution in [0.15, 0.2) is 42.9 Å². The number of fused-ring (bicyclic) bond motifs is 1. The molecule has 0 aliphatic carbocycles. The minimum absolute atomic E-state index is 0.0474. The van der Waals surface area contributed by atoms with Crippen molar-refractivity contribution >= 4 is 11.8 Å². The Morgan fingerprint density at radius 3 is 2.81 bits per heavy atom. The molecule has 4 rings (SSSR count). The van der Waals surface area contributed by atoms with Gasteiger partial charge in [0.2, 0.25) is 0 Å². The maximum Gasteiger partial charge on any atom is 0.268 e. The summed E-state index contributed by atoms with van der Waals surface area (Å²) >= 11 is 0. The van der Waals surface area contributed by atoms with Crippen molar-refractivity contribution in [3.8, 4) is 0 Å². The molecule has 2 amide bonds. The van der Waals surface area contributed by atoms with Crippen molar-refractivity contribution in [2.75, 3.05) is 19.6 Å². The van der Waals surface area contributed by atoms with Crippen molar-refractivity contribution < 1.29 is 9.59 Å². The Bertz CT molecular complexity index is 826. The molecule has 2 aliphatic rings. The summed E-state index contributed by atoms with van der Waals surface area (Å²) in [4.78, 5) is 37.0. The third-order valence-corrected chi connectivity index (χ3v) is 5.28. The van der Waals surface area contributed by atoms with Crippen LogP contribution in [0.2, 0.25) is 0 Å². The molecule has 0 aromatic carbocycles. The van der Waals surface area contributed by atoms with Crippen LogP contribution in [-0.2, 0) is 6.54 Å². The molecule has 134 valence electrons. The number of aromatic nitrogens is 2. The largest absolute Gasteiger partial charge is 0.364 e. The van der Waals surface area contributed by atoms with Gasteiger partial charge in [-0.15, -0.1) is 0 Å². The van der Waals surface area contributed by atoms with Crippen molar-refractivity contribution in [1.29, 1.82) is 0 Å². The maximum absolute atomic E-state index is 13.0. The van der Waals surface area contributed by atoms with E-state index in [9.17, 15) is 9.59 Å². The number of nitrogens with two attached hydrogens (primary N) is 1. The zero-order chi connectivity index (χ0) is 18.1. The summed E-state index contributed by atoms with van der Waals surface area (Å²) in [6.07, 6.45) is 6.11. The molecule has 4 heterocycles. The predicted molar refractivity (Wildman–Crippen MR) is 95.2 cm³/mol. The topological polar surface area (TPSA) is 92.4 Å². The first-order valence-electron chi connectivity index (χ1n) is 8.80. The lowest BCUT2D eigenvalue weighted by Crippen LogP contribution is -2.40. The molecule has 0 spiro atoms. The number of hydrogen-bond donors (Lipinski definition) is 1. The number of amides is 2. The molecule has 7 heteroatoms. The van der Waals surface area contributed by atoms with E-state index in [-0.39, 0.29) is 17.6 Å². The van der Waals surface area contributed by atoms with Gasteiger partial charge in [-0.2, -0.15) is 0 Å². The molecule has 2 aromatic heterocycles. The molecule has 0 radical (unpaired) electrons. The molecule has 0 bridgehead atoms. The molecule has 2 aromatic rings. The Morgan fingerprint density at radius 2 is 2.04 bits per heavy atom. The summed E-state index contributed by atoms with van der Waals surface area (Å²) in [5.41, 5.74) is 6.90. The predicted octanol–water partition coefficient (Wildman–Crippen LogP) is 0.922. The average molecular weight is 351 g/mol. The van der Waals surface area contributed by atoms with Crippen LogP contribution in [0.4, 0.5) is 0 Å². The van der Waals surface area contributed by atoms with Crippen LogP contribution in [0.1, 0.15) is 32.8 Å². The van der Waals surface area contributed by atoms with E-state index in [2.05, 4.69) is 20.9 Å². The van der Waals surface area contributed by atoms with Crippen LogP contribution in [0.3, 0.4) is 0 Å². The number of carbonyl (C=O) groups is 2. The van der Waals surface area contributed by atoms with Crippen molar-refractivity contribution in [2.24, 2.45) is 11.7 Å². The van der Waals surface area contributed by atoms with Crippen molar-refractivity contribution in [3.63, 3.8) is 0 Å². The van der Waals surface area contributed by atoms with Gasteiger partial charge in [0.1, 0.15) is 5.69 Å². The van der Waals surface area contributed by atoms with Gasteiger partial charge < -0.3 is 10.6 Å². The number of nitrogens with zero attached hydrogens (tertiary/aromatic N) is 4. The van der Waals surface area contributed by atoms with Gasteiger partial charge in [0, 0.05) is 50.8 Å². The highest BCUT2D eigenvalue weighted by Crippen LogP contribution is 2.33. The fraction of sp³-hybridized carbons (Fsp3) is 0.368. The Kier molecular flexibility index (Phi) is 4.38. The number of carbonyl (C=O) groups excluding carboxylic acids is 2. The first-order valence-corrected chi connectivity index (χ1v) is 8.80. The molecule has 0 saturated carbocycles. The minimum Gasteiger partial charge on any atom is -0.364 e. The van der Waals surface area contributed by atoms with E-state index in [1.165, 1.54) is 11.8 Å². The van der Waals surface area contributed by atoms with E-state index in [1.807, 2.05) is 17.2 Å². The van der Waals surface area contributed by atoms with E-state index in [0.29, 0.717) is 18.0 Å². The lowest BCUT2D eigenvalue weighted by Gasteiger charge is -2.25. The lowest BCUT2D eigenvalue weighted by molar-refractivity contribution is 0.0720. The SMILES string of the molecule is NC(=O)c1ncccc1C(=O)N1CC[C@H]2CN(Cc3cccnc3)C[C@H]21. The second-order valence-corrected chi connectivity index (χ2v) is 6.93. The fourth-order valence-electron chi connectivity index (χ4n) is 4.11. The molecule has 2 saturated heterocycles. The first-order chi connectivity index (χ1) is 12.6. The van der Waals surface area contributed by atoms with E-state index < -0.39 is 5.91 Å². The van der Waals surface area contributed by atoms with E-state index in [0.717, 1.165) is 26.1 Å². The summed E-state index contributed by atoms with van der Waals surface area (Å²) in [6.45, 7) is 3.35. The quantitative estimate of drug-likeness (QED) is 0.884. The van der Waals surface area contributed by atoms with E-state index in [4.69, 9.17) is 5.73 Å². The summed E-state index contributed by atoms with van der Waals surface area (Å²) < 4.78 is 0. The highest BCUT2D eigenvalue weighted by Gasteiger charge is 2.43. The third-order valence-electron chi connectivity index (χ3n) is 5.28. The lowest BCUT2D eigenvalue weighted by atomic mass is 10.0. The summed E-state index contributed by atoms with van der Waals surface area (Å²) in [5.74, 6) is -0.360. The number of likely N-dealkylation sites (tertiary alicyclic amines) is 2. The van der Waals surface area contributed by atoms with Gasteiger partial charge in [-0.25, -0.2) is 0 Å². The second-order valence-electron chi connectivity index (χ2n) is 6.93. The monoisotopic (exact) mass is 351 g/mol. The third kappa shape index (κ3) is 3.06. The van der Waals surface area contributed by atoms with Crippen LogP contribution in [-0.4, -0.2) is 57.3 Å². The standard InChI is InChI=1S/C19H21N5O2/c20-18(25)17-15(4-2-7-22-17)19(26)24-8-5-14-11-23(12-16(14)24)10-13-3-1-6-21-9-13/h1-4,6-7,9,14,16H,5,8,10-12H2,(H2,20,25)/t14-,16+/m0/s1. The highest BCUT2D eigenvalue weighted by molar-refractivity contribution is 6.05. The smallest absolute Gasteiger partial charge is 0.268 e. The molecule has 2 aliphatic heterocycles. The zero-order valence-electron chi connectivity index (χ0n) is 14.4. The van der Waals surface area contributed by atoms with E-state index >= 15 is 0 Å². The van der Waals surface area contributed by atoms with Crippen molar-refractivity contribution in [1.82, 2.24) is 19.8 Å². The number of hydrogen-bond acceptors (Lipinski definition) is 5. The van der Waals surface area contributed by atoms with Gasteiger partial charge in [0.05, 0.1) is 5.56 Å². The first kappa shape index (κ1) is 16.7. The summed E-state index contributed by atoms with van der Waals surface area (Å²) in [7, 11) is 0. The maximum atomic E-state index is 13.0. The van der Waals surface area contributed by atoms with Crippen LogP contribution in [0.5, 0.6) is 0 Å². The molecule has 2 atom stereocenters. The van der Waals surface area contributed by atoms with Crippen LogP contribution in [0, 0.1) is 5.92 Å².